The van der Waals surface area contributed by atoms with E-state index < -0.39 is 32.1 Å². The van der Waals surface area contributed by atoms with Gasteiger partial charge >= 0.3 is 0 Å². The van der Waals surface area contributed by atoms with Crippen LogP contribution < -0.4 is 4.80 Å². The molecule has 3 aromatic rings. The molecule has 0 N–H and O–H groups in total. The maximum absolute atomic E-state index is 12.6. The predicted molar refractivity (Wildman–Crippen MR) is 102 cm³/mol. The third kappa shape index (κ3) is 3.84. The van der Waals surface area contributed by atoms with Crippen LogP contribution in [-0.4, -0.2) is 25.2 Å². The van der Waals surface area contributed by atoms with Crippen molar-refractivity contribution < 1.29 is 19.6 Å². The molecule has 0 aliphatic carbocycles. The Hall–Kier alpha value is -4.00. The number of carbonyl (C=O) groups is 1. The summed E-state index contributed by atoms with van der Waals surface area (Å²) < 4.78 is 2.17. The molecule has 0 saturated carbocycles. The van der Waals surface area contributed by atoms with E-state index in [4.69, 9.17) is 0 Å². The summed E-state index contributed by atoms with van der Waals surface area (Å²) in [6.07, 6.45) is 0. The van der Waals surface area contributed by atoms with Gasteiger partial charge in [0.1, 0.15) is 0 Å². The van der Waals surface area contributed by atoms with Crippen LogP contribution in [0.4, 0.5) is 17.1 Å². The first kappa shape index (κ1) is 19.8. The lowest BCUT2D eigenvalue weighted by molar-refractivity contribution is -0.394. The molecule has 3 rings (SSSR count). The van der Waals surface area contributed by atoms with Gasteiger partial charge in [-0.1, -0.05) is 11.3 Å². The summed E-state index contributed by atoms with van der Waals surface area (Å²) in [6, 6.07) is 6.79. The van der Waals surface area contributed by atoms with Crippen molar-refractivity contribution in [1.82, 2.24) is 4.57 Å². The Morgan fingerprint density at radius 2 is 1.55 bits per heavy atom. The molecule has 148 valence electrons. The second-order valence-electron chi connectivity index (χ2n) is 5.71. The summed E-state index contributed by atoms with van der Waals surface area (Å²) in [5.74, 6) is -0.903. The highest BCUT2D eigenvalue weighted by molar-refractivity contribution is 7.16. The Bertz CT molecular complexity index is 1230. The van der Waals surface area contributed by atoms with E-state index in [1.54, 1.807) is 11.5 Å². The average Bonchev–Trinajstić information content (AvgIpc) is 3.03. The number of amides is 1. The zero-order valence-electron chi connectivity index (χ0n) is 14.7. The van der Waals surface area contributed by atoms with Crippen LogP contribution in [0.25, 0.3) is 10.2 Å². The fourth-order valence-electron chi connectivity index (χ4n) is 2.65. The van der Waals surface area contributed by atoms with Gasteiger partial charge in [-0.2, -0.15) is 4.99 Å². The van der Waals surface area contributed by atoms with Crippen molar-refractivity contribution in [3.63, 3.8) is 0 Å². The number of aromatic nitrogens is 1. The molecule has 0 spiro atoms. The summed E-state index contributed by atoms with van der Waals surface area (Å²) >= 11 is 1.03. The molecular formula is C16H11N5O7S. The Labute approximate surface area is 164 Å². The van der Waals surface area contributed by atoms with Gasteiger partial charge in [-0.15, -0.1) is 0 Å². The highest BCUT2D eigenvalue weighted by Gasteiger charge is 2.20. The number of carbonyl (C=O) groups excluding carboxylic acids is 1. The van der Waals surface area contributed by atoms with Crippen LogP contribution in [0.2, 0.25) is 0 Å². The summed E-state index contributed by atoms with van der Waals surface area (Å²) in [7, 11) is 0. The van der Waals surface area contributed by atoms with E-state index in [1.165, 1.54) is 18.2 Å². The number of benzene rings is 2. The molecule has 0 atom stereocenters. The Morgan fingerprint density at radius 1 is 0.966 bits per heavy atom. The van der Waals surface area contributed by atoms with Crippen LogP contribution in [-0.2, 0) is 6.54 Å². The smallest absolute Gasteiger partial charge is 0.280 e. The number of thiazole rings is 1. The SMILES string of the molecule is CCn1c(=NC(=O)c2cc([N+](=O)[O-])cc([N+](=O)[O-])c2)sc2cc([N+](=O)[O-])ccc21. The Kier molecular flexibility index (Phi) is 5.14. The molecule has 1 heterocycles. The minimum atomic E-state index is -0.903. The first-order valence-electron chi connectivity index (χ1n) is 8.02. The van der Waals surface area contributed by atoms with E-state index in [0.29, 0.717) is 16.8 Å². The van der Waals surface area contributed by atoms with Crippen LogP contribution >= 0.6 is 11.3 Å². The lowest BCUT2D eigenvalue weighted by atomic mass is 10.1. The molecule has 0 bridgehead atoms. The Morgan fingerprint density at radius 3 is 2.07 bits per heavy atom. The van der Waals surface area contributed by atoms with Crippen molar-refractivity contribution in [1.29, 1.82) is 0 Å². The molecule has 13 heteroatoms. The quantitative estimate of drug-likeness (QED) is 0.454. The average molecular weight is 417 g/mol. The van der Waals surface area contributed by atoms with Crippen molar-refractivity contribution in [3.8, 4) is 0 Å². The van der Waals surface area contributed by atoms with Gasteiger partial charge in [-0.25, -0.2) is 0 Å². The van der Waals surface area contributed by atoms with Crippen LogP contribution in [0.15, 0.2) is 41.4 Å². The molecule has 1 amide bonds. The molecule has 29 heavy (non-hydrogen) atoms. The van der Waals surface area contributed by atoms with Crippen molar-refractivity contribution >= 4 is 44.5 Å². The molecule has 0 aliphatic heterocycles. The first-order chi connectivity index (χ1) is 13.7. The predicted octanol–water partition coefficient (Wildman–Crippen LogP) is 3.19. The third-order valence-corrected chi connectivity index (χ3v) is 5.00. The topological polar surface area (TPSA) is 164 Å². The summed E-state index contributed by atoms with van der Waals surface area (Å²) in [5.41, 5.74) is -1.01. The summed E-state index contributed by atoms with van der Waals surface area (Å²) in [4.78, 5) is 47.4. The standard InChI is InChI=1S/C16H11N5O7S/c1-2-18-13-4-3-10(19(23)24)8-14(13)29-16(18)17-15(22)9-5-11(20(25)26)7-12(6-9)21(27)28/h3-8H,2H2,1H3. The van der Waals surface area contributed by atoms with Gasteiger partial charge in [0.15, 0.2) is 4.80 Å². The zero-order valence-corrected chi connectivity index (χ0v) is 15.5. The number of non-ortho nitro benzene ring substituents is 3. The molecule has 0 radical (unpaired) electrons. The van der Waals surface area contributed by atoms with Gasteiger partial charge in [0.25, 0.3) is 23.0 Å². The Balaban J connectivity index is 2.16. The monoisotopic (exact) mass is 417 g/mol. The van der Waals surface area contributed by atoms with E-state index in [1.807, 2.05) is 0 Å². The van der Waals surface area contributed by atoms with Crippen LogP contribution in [0.1, 0.15) is 17.3 Å². The van der Waals surface area contributed by atoms with Gasteiger partial charge in [0.05, 0.1) is 36.6 Å². The largest absolute Gasteiger partial charge is 0.317 e. The van der Waals surface area contributed by atoms with E-state index in [0.717, 1.165) is 29.5 Å². The number of hydrogen-bond acceptors (Lipinski definition) is 8. The number of fused-ring (bicyclic) bond motifs is 1. The van der Waals surface area contributed by atoms with Gasteiger partial charge in [-0.3, -0.25) is 35.1 Å². The molecule has 12 nitrogen and oxygen atoms in total. The molecule has 2 aromatic carbocycles. The molecule has 0 saturated heterocycles. The maximum Gasteiger partial charge on any atom is 0.280 e. The lowest BCUT2D eigenvalue weighted by Crippen LogP contribution is -2.16. The number of aryl methyl sites for hydroxylation is 1. The second-order valence-corrected chi connectivity index (χ2v) is 6.72. The van der Waals surface area contributed by atoms with Gasteiger partial charge in [0.2, 0.25) is 0 Å². The van der Waals surface area contributed by atoms with Crippen molar-refractivity contribution in [2.24, 2.45) is 4.99 Å². The molecule has 0 aliphatic rings. The van der Waals surface area contributed by atoms with Gasteiger partial charge in [-0.05, 0) is 13.0 Å². The fraction of sp³-hybridized carbons (Fsp3) is 0.125. The number of nitro groups is 3. The zero-order chi connectivity index (χ0) is 21.3. The first-order valence-corrected chi connectivity index (χ1v) is 8.83. The number of hydrogen-bond donors (Lipinski definition) is 0. The van der Waals surface area contributed by atoms with E-state index in [-0.39, 0.29) is 16.1 Å². The highest BCUT2D eigenvalue weighted by atomic mass is 32.1. The number of nitrogens with zero attached hydrogens (tertiary/aromatic N) is 5. The van der Waals surface area contributed by atoms with E-state index in [9.17, 15) is 35.1 Å². The van der Waals surface area contributed by atoms with Crippen molar-refractivity contribution in [2.45, 2.75) is 13.5 Å². The van der Waals surface area contributed by atoms with Gasteiger partial charge in [0, 0.05) is 30.8 Å². The van der Waals surface area contributed by atoms with Crippen molar-refractivity contribution in [3.05, 3.63) is 77.1 Å². The van der Waals surface area contributed by atoms with Crippen LogP contribution in [0, 0.1) is 30.3 Å². The highest BCUT2D eigenvalue weighted by Crippen LogP contribution is 2.25. The third-order valence-electron chi connectivity index (χ3n) is 3.96. The van der Waals surface area contributed by atoms with Crippen LogP contribution in [0.5, 0.6) is 0 Å². The summed E-state index contributed by atoms with van der Waals surface area (Å²) in [6.45, 7) is 2.19. The summed E-state index contributed by atoms with van der Waals surface area (Å²) in [5, 5.41) is 33.0. The normalized spacial score (nSPS) is 11.6. The fourth-order valence-corrected chi connectivity index (χ4v) is 3.77. The van der Waals surface area contributed by atoms with E-state index in [2.05, 4.69) is 4.99 Å². The minimum Gasteiger partial charge on any atom is -0.317 e. The lowest BCUT2D eigenvalue weighted by Gasteiger charge is -2.00. The van der Waals surface area contributed by atoms with E-state index >= 15 is 0 Å². The second kappa shape index (κ2) is 7.55. The van der Waals surface area contributed by atoms with Crippen molar-refractivity contribution in [2.75, 3.05) is 0 Å². The molecule has 1 aromatic heterocycles. The minimum absolute atomic E-state index is 0.116. The molecular weight excluding hydrogens is 406 g/mol. The molecule has 0 fully saturated rings. The van der Waals surface area contributed by atoms with Crippen LogP contribution in [0.3, 0.4) is 0 Å². The number of nitro benzene ring substituents is 3. The number of rotatable bonds is 5. The molecule has 0 unspecified atom stereocenters. The van der Waals surface area contributed by atoms with Gasteiger partial charge < -0.3 is 4.57 Å². The maximum atomic E-state index is 12.6.